The molecule has 1 aromatic rings. The van der Waals surface area contributed by atoms with Crippen molar-refractivity contribution in [3.63, 3.8) is 0 Å². The van der Waals surface area contributed by atoms with E-state index >= 15 is 0 Å². The maximum atomic E-state index is 12.4. The highest BCUT2D eigenvalue weighted by Gasteiger charge is 2.26. The molecule has 2 rings (SSSR count). The van der Waals surface area contributed by atoms with Crippen molar-refractivity contribution in [1.29, 1.82) is 0 Å². The zero-order chi connectivity index (χ0) is 13.9. The molecule has 0 radical (unpaired) electrons. The van der Waals surface area contributed by atoms with Gasteiger partial charge in [0.05, 0.1) is 4.90 Å². The first-order valence-corrected chi connectivity index (χ1v) is 8.33. The summed E-state index contributed by atoms with van der Waals surface area (Å²) in [6, 6.07) is 7.48. The highest BCUT2D eigenvalue weighted by atomic mass is 32.2. The third-order valence-electron chi connectivity index (χ3n) is 3.59. The van der Waals surface area contributed by atoms with Crippen molar-refractivity contribution >= 4 is 10.0 Å². The van der Waals surface area contributed by atoms with Crippen LogP contribution in [0.4, 0.5) is 0 Å². The lowest BCUT2D eigenvalue weighted by atomic mass is 10.1. The van der Waals surface area contributed by atoms with Gasteiger partial charge in [0.1, 0.15) is 0 Å². The van der Waals surface area contributed by atoms with Gasteiger partial charge in [0.15, 0.2) is 0 Å². The molecule has 1 aliphatic heterocycles. The van der Waals surface area contributed by atoms with E-state index in [1.54, 1.807) is 16.4 Å². The maximum Gasteiger partial charge on any atom is 0.243 e. The topological polar surface area (TPSA) is 49.4 Å². The standard InChI is InChI=1S/C14H22N2O2S/c1-3-15-12(2)13-6-8-14(9-7-13)19(17,18)16-10-4-5-11-16/h6-9,12,15H,3-5,10-11H2,1-2H3. The van der Waals surface area contributed by atoms with E-state index in [1.165, 1.54) is 0 Å². The van der Waals surface area contributed by atoms with Crippen molar-refractivity contribution < 1.29 is 8.42 Å². The Hall–Kier alpha value is -0.910. The number of nitrogens with one attached hydrogen (secondary N) is 1. The molecular weight excluding hydrogens is 260 g/mol. The number of rotatable bonds is 5. The van der Waals surface area contributed by atoms with Gasteiger partial charge in [0, 0.05) is 19.1 Å². The molecule has 1 aromatic carbocycles. The molecule has 106 valence electrons. The Labute approximate surface area is 115 Å². The number of sulfonamides is 1. The second-order valence-electron chi connectivity index (χ2n) is 4.96. The van der Waals surface area contributed by atoms with E-state index in [0.717, 1.165) is 24.9 Å². The molecule has 0 bridgehead atoms. The third kappa shape index (κ3) is 3.16. The Kier molecular flexibility index (Phi) is 4.60. The van der Waals surface area contributed by atoms with Crippen LogP contribution in [-0.4, -0.2) is 32.4 Å². The average molecular weight is 282 g/mol. The van der Waals surface area contributed by atoms with Crippen LogP contribution in [0.3, 0.4) is 0 Å². The van der Waals surface area contributed by atoms with Crippen LogP contribution < -0.4 is 5.32 Å². The van der Waals surface area contributed by atoms with Crippen molar-refractivity contribution in [2.75, 3.05) is 19.6 Å². The van der Waals surface area contributed by atoms with Gasteiger partial charge in [-0.15, -0.1) is 0 Å². The van der Waals surface area contributed by atoms with E-state index in [4.69, 9.17) is 0 Å². The molecule has 1 saturated heterocycles. The lowest BCUT2D eigenvalue weighted by Gasteiger charge is -2.17. The zero-order valence-electron chi connectivity index (χ0n) is 11.6. The fraction of sp³-hybridized carbons (Fsp3) is 0.571. The van der Waals surface area contributed by atoms with Crippen LogP contribution in [-0.2, 0) is 10.0 Å². The van der Waals surface area contributed by atoms with Crippen LogP contribution in [0.1, 0.15) is 38.3 Å². The normalized spacial score (nSPS) is 18.6. The fourth-order valence-electron chi connectivity index (χ4n) is 2.43. The van der Waals surface area contributed by atoms with Crippen LogP contribution in [0, 0.1) is 0 Å². The van der Waals surface area contributed by atoms with E-state index in [2.05, 4.69) is 19.2 Å². The van der Waals surface area contributed by atoms with Crippen LogP contribution in [0.15, 0.2) is 29.2 Å². The van der Waals surface area contributed by atoms with Crippen LogP contribution in [0.5, 0.6) is 0 Å². The molecule has 0 saturated carbocycles. The number of nitrogens with zero attached hydrogens (tertiary/aromatic N) is 1. The molecule has 19 heavy (non-hydrogen) atoms. The minimum absolute atomic E-state index is 0.244. The number of hydrogen-bond acceptors (Lipinski definition) is 3. The summed E-state index contributed by atoms with van der Waals surface area (Å²) in [4.78, 5) is 0.404. The molecule has 1 unspecified atom stereocenters. The van der Waals surface area contributed by atoms with Crippen LogP contribution in [0.2, 0.25) is 0 Å². The molecule has 0 amide bonds. The van der Waals surface area contributed by atoms with Gasteiger partial charge in [-0.05, 0) is 44.0 Å². The molecule has 0 spiro atoms. The van der Waals surface area contributed by atoms with Crippen molar-refractivity contribution in [3.8, 4) is 0 Å². The summed E-state index contributed by atoms with van der Waals surface area (Å²) in [6.45, 7) is 6.33. The third-order valence-corrected chi connectivity index (χ3v) is 5.51. The smallest absolute Gasteiger partial charge is 0.243 e. The summed E-state index contributed by atoms with van der Waals surface area (Å²) < 4.78 is 26.3. The zero-order valence-corrected chi connectivity index (χ0v) is 12.4. The molecule has 1 heterocycles. The van der Waals surface area contributed by atoms with Gasteiger partial charge in [-0.1, -0.05) is 19.1 Å². The summed E-state index contributed by atoms with van der Waals surface area (Å²) in [7, 11) is -3.28. The van der Waals surface area contributed by atoms with Gasteiger partial charge in [-0.2, -0.15) is 4.31 Å². The predicted molar refractivity (Wildman–Crippen MR) is 76.5 cm³/mol. The van der Waals surface area contributed by atoms with Crippen molar-refractivity contribution in [2.45, 2.75) is 37.6 Å². The van der Waals surface area contributed by atoms with E-state index in [0.29, 0.717) is 18.0 Å². The first-order valence-electron chi connectivity index (χ1n) is 6.89. The Morgan fingerprint density at radius 2 is 1.79 bits per heavy atom. The molecule has 0 aliphatic carbocycles. The van der Waals surface area contributed by atoms with Gasteiger partial charge in [-0.3, -0.25) is 0 Å². The minimum Gasteiger partial charge on any atom is -0.310 e. The molecule has 1 atom stereocenters. The van der Waals surface area contributed by atoms with E-state index in [-0.39, 0.29) is 6.04 Å². The molecule has 1 aliphatic rings. The van der Waals surface area contributed by atoms with Gasteiger partial charge < -0.3 is 5.32 Å². The van der Waals surface area contributed by atoms with Gasteiger partial charge in [0.25, 0.3) is 0 Å². The fourth-order valence-corrected chi connectivity index (χ4v) is 3.95. The van der Waals surface area contributed by atoms with Gasteiger partial charge in [-0.25, -0.2) is 8.42 Å². The largest absolute Gasteiger partial charge is 0.310 e. The number of hydrogen-bond donors (Lipinski definition) is 1. The van der Waals surface area contributed by atoms with E-state index in [1.807, 2.05) is 12.1 Å². The maximum absolute atomic E-state index is 12.4. The Bertz CT molecular complexity index is 505. The van der Waals surface area contributed by atoms with Gasteiger partial charge in [0.2, 0.25) is 10.0 Å². The highest BCUT2D eigenvalue weighted by molar-refractivity contribution is 7.89. The second-order valence-corrected chi connectivity index (χ2v) is 6.90. The molecule has 4 nitrogen and oxygen atoms in total. The summed E-state index contributed by atoms with van der Waals surface area (Å²) in [5.41, 5.74) is 1.11. The SMILES string of the molecule is CCNC(C)c1ccc(S(=O)(=O)N2CCCC2)cc1. The van der Waals surface area contributed by atoms with E-state index < -0.39 is 10.0 Å². The number of benzene rings is 1. The molecular formula is C14H22N2O2S. The predicted octanol–water partition coefficient (Wildman–Crippen LogP) is 2.14. The minimum atomic E-state index is -3.28. The first kappa shape index (κ1) is 14.5. The summed E-state index contributed by atoms with van der Waals surface area (Å²) in [5.74, 6) is 0. The van der Waals surface area contributed by atoms with Crippen molar-refractivity contribution in [2.24, 2.45) is 0 Å². The van der Waals surface area contributed by atoms with Crippen molar-refractivity contribution in [3.05, 3.63) is 29.8 Å². The lowest BCUT2D eigenvalue weighted by Crippen LogP contribution is -2.27. The molecule has 1 N–H and O–H groups in total. The van der Waals surface area contributed by atoms with E-state index in [9.17, 15) is 8.42 Å². The summed E-state index contributed by atoms with van der Waals surface area (Å²) in [6.07, 6.45) is 1.93. The first-order chi connectivity index (χ1) is 9.05. The average Bonchev–Trinajstić information content (AvgIpc) is 2.94. The highest BCUT2D eigenvalue weighted by Crippen LogP contribution is 2.22. The Balaban J connectivity index is 2.18. The molecule has 0 aromatic heterocycles. The molecule has 1 fully saturated rings. The second kappa shape index (κ2) is 6.03. The summed E-state index contributed by atoms with van der Waals surface area (Å²) in [5, 5.41) is 3.32. The summed E-state index contributed by atoms with van der Waals surface area (Å²) >= 11 is 0. The monoisotopic (exact) mass is 282 g/mol. The van der Waals surface area contributed by atoms with Gasteiger partial charge >= 0.3 is 0 Å². The molecule has 5 heteroatoms. The van der Waals surface area contributed by atoms with Crippen LogP contribution >= 0.6 is 0 Å². The lowest BCUT2D eigenvalue weighted by molar-refractivity contribution is 0.477. The van der Waals surface area contributed by atoms with Crippen LogP contribution in [0.25, 0.3) is 0 Å². The van der Waals surface area contributed by atoms with Crippen molar-refractivity contribution in [1.82, 2.24) is 9.62 Å². The Morgan fingerprint density at radius 3 is 2.32 bits per heavy atom. The Morgan fingerprint density at radius 1 is 1.21 bits per heavy atom. The quantitative estimate of drug-likeness (QED) is 0.900.